The molecular weight excluding hydrogens is 348 g/mol. The normalized spacial score (nSPS) is 11.0. The maximum absolute atomic E-state index is 11.6. The zero-order chi connectivity index (χ0) is 14.9. The number of nitrogens with zero attached hydrogens (tertiary/aromatic N) is 3. The molecule has 0 aliphatic rings. The Hall–Kier alpha value is -1.61. The molecule has 0 spiro atoms. The van der Waals surface area contributed by atoms with Crippen molar-refractivity contribution >= 4 is 33.4 Å². The zero-order valence-corrected chi connectivity index (χ0v) is 13.1. The van der Waals surface area contributed by atoms with Crippen LogP contribution >= 0.6 is 27.7 Å². The molecule has 2 rings (SSSR count). The molecule has 1 heterocycles. The number of H-pyrrole nitrogens is 1. The molecule has 1 aromatic heterocycles. The van der Waals surface area contributed by atoms with Gasteiger partial charge in [0.05, 0.1) is 9.82 Å². The van der Waals surface area contributed by atoms with Gasteiger partial charge in [0.25, 0.3) is 5.69 Å². The van der Waals surface area contributed by atoms with E-state index in [9.17, 15) is 14.9 Å². The largest absolute Gasteiger partial charge is 0.344 e. The smallest absolute Gasteiger partial charge is 0.267 e. The van der Waals surface area contributed by atoms with Gasteiger partial charge in [0.1, 0.15) is 0 Å². The number of nitrogens with one attached hydrogen (secondary N) is 1. The number of hydrogen-bond acceptors (Lipinski definition) is 5. The molecule has 0 saturated heterocycles. The van der Waals surface area contributed by atoms with Crippen molar-refractivity contribution in [3.05, 3.63) is 43.3 Å². The molecule has 1 N–H and O–H groups in total. The average molecular weight is 359 g/mol. The lowest BCUT2D eigenvalue weighted by molar-refractivity contribution is -0.387. The van der Waals surface area contributed by atoms with Crippen molar-refractivity contribution in [2.24, 2.45) is 0 Å². The van der Waals surface area contributed by atoms with Crippen LogP contribution in [0.15, 0.2) is 37.5 Å². The van der Waals surface area contributed by atoms with Crippen molar-refractivity contribution in [2.75, 3.05) is 0 Å². The first-order valence-electron chi connectivity index (χ1n) is 5.69. The lowest BCUT2D eigenvalue weighted by Gasteiger charge is -2.08. The third kappa shape index (κ3) is 2.93. The molecule has 7 nitrogen and oxygen atoms in total. The fourth-order valence-corrected chi connectivity index (χ4v) is 3.04. The van der Waals surface area contributed by atoms with Crippen molar-refractivity contribution in [3.63, 3.8) is 0 Å². The number of nitro groups is 1. The number of aromatic nitrogens is 3. The monoisotopic (exact) mass is 358 g/mol. The van der Waals surface area contributed by atoms with Crippen molar-refractivity contribution in [3.8, 4) is 0 Å². The van der Waals surface area contributed by atoms with E-state index in [1.54, 1.807) is 12.1 Å². The van der Waals surface area contributed by atoms with E-state index in [0.717, 1.165) is 11.8 Å². The van der Waals surface area contributed by atoms with Gasteiger partial charge in [0, 0.05) is 16.6 Å². The molecule has 0 aliphatic carbocycles. The van der Waals surface area contributed by atoms with Crippen LogP contribution in [0.1, 0.15) is 19.9 Å². The summed E-state index contributed by atoms with van der Waals surface area (Å²) in [5.41, 5.74) is -0.364. The summed E-state index contributed by atoms with van der Waals surface area (Å²) < 4.78 is 2.08. The first-order valence-corrected chi connectivity index (χ1v) is 7.29. The van der Waals surface area contributed by atoms with Gasteiger partial charge in [-0.15, -0.1) is 5.10 Å². The van der Waals surface area contributed by atoms with E-state index in [1.807, 2.05) is 13.8 Å². The maximum Gasteiger partial charge on any atom is 0.344 e. The fourth-order valence-electron chi connectivity index (χ4n) is 1.64. The minimum atomic E-state index is -0.461. The molecule has 20 heavy (non-hydrogen) atoms. The second-order valence-corrected chi connectivity index (χ2v) is 6.17. The van der Waals surface area contributed by atoms with Crippen molar-refractivity contribution in [1.29, 1.82) is 0 Å². The molecule has 9 heteroatoms. The molecule has 106 valence electrons. The molecule has 0 amide bonds. The molecule has 0 bridgehead atoms. The molecule has 0 fully saturated rings. The fraction of sp³-hybridized carbons (Fsp3) is 0.273. The highest BCUT2D eigenvalue weighted by molar-refractivity contribution is 9.10. The van der Waals surface area contributed by atoms with Gasteiger partial charge in [-0.3, -0.25) is 14.7 Å². The summed E-state index contributed by atoms with van der Waals surface area (Å²) in [7, 11) is 0. The van der Waals surface area contributed by atoms with E-state index >= 15 is 0 Å². The topological polar surface area (TPSA) is 93.8 Å². The van der Waals surface area contributed by atoms with Gasteiger partial charge in [-0.05, 0) is 37.7 Å². The van der Waals surface area contributed by atoms with Crippen LogP contribution in [0.2, 0.25) is 0 Å². The van der Waals surface area contributed by atoms with Crippen LogP contribution in [0, 0.1) is 10.1 Å². The Balaban J connectivity index is 2.45. The highest BCUT2D eigenvalue weighted by Gasteiger charge is 2.19. The van der Waals surface area contributed by atoms with E-state index in [2.05, 4.69) is 26.1 Å². The third-order valence-corrected chi connectivity index (χ3v) is 4.04. The summed E-state index contributed by atoms with van der Waals surface area (Å²) in [5.74, 6) is 0. The van der Waals surface area contributed by atoms with Crippen LogP contribution in [-0.2, 0) is 0 Å². The van der Waals surface area contributed by atoms with Gasteiger partial charge in [-0.25, -0.2) is 9.89 Å². The Morgan fingerprint density at radius 2 is 2.20 bits per heavy atom. The van der Waals surface area contributed by atoms with E-state index < -0.39 is 4.92 Å². The summed E-state index contributed by atoms with van der Waals surface area (Å²) in [6.07, 6.45) is 0. The minimum Gasteiger partial charge on any atom is -0.267 e. The Labute approximate surface area is 126 Å². The van der Waals surface area contributed by atoms with Crippen LogP contribution in [0.4, 0.5) is 5.69 Å². The Morgan fingerprint density at radius 1 is 1.50 bits per heavy atom. The molecular formula is C11H11BrN4O3S. The number of halogens is 1. The number of nitro benzene ring substituents is 1. The van der Waals surface area contributed by atoms with E-state index in [4.69, 9.17) is 0 Å². The SMILES string of the molecule is CC(C)n1c(Sc2ccc(Br)cc2[N+](=O)[O-])n[nH]c1=O. The summed E-state index contributed by atoms with van der Waals surface area (Å²) in [4.78, 5) is 22.7. The first kappa shape index (κ1) is 14.8. The summed E-state index contributed by atoms with van der Waals surface area (Å²) in [6, 6.07) is 4.67. The molecule has 0 unspecified atom stereocenters. The average Bonchev–Trinajstić information content (AvgIpc) is 2.72. The number of benzene rings is 1. The molecule has 0 aliphatic heterocycles. The maximum atomic E-state index is 11.6. The highest BCUT2D eigenvalue weighted by Crippen LogP contribution is 2.35. The second-order valence-electron chi connectivity index (χ2n) is 4.25. The van der Waals surface area contributed by atoms with Gasteiger partial charge in [-0.2, -0.15) is 0 Å². The van der Waals surface area contributed by atoms with Crippen LogP contribution < -0.4 is 5.69 Å². The number of hydrogen-bond donors (Lipinski definition) is 1. The van der Waals surface area contributed by atoms with Gasteiger partial charge in [0.2, 0.25) is 0 Å². The molecule has 0 saturated carbocycles. The summed E-state index contributed by atoms with van der Waals surface area (Å²) in [6.45, 7) is 3.69. The van der Waals surface area contributed by atoms with E-state index in [-0.39, 0.29) is 17.4 Å². The second kappa shape index (κ2) is 5.80. The number of aromatic amines is 1. The summed E-state index contributed by atoms with van der Waals surface area (Å²) >= 11 is 4.29. The van der Waals surface area contributed by atoms with Gasteiger partial charge < -0.3 is 0 Å². The van der Waals surface area contributed by atoms with Crippen molar-refractivity contribution in [2.45, 2.75) is 29.9 Å². The summed E-state index contributed by atoms with van der Waals surface area (Å²) in [5, 5.41) is 17.7. The predicted octanol–water partition coefficient (Wildman–Crippen LogP) is 2.97. The Bertz CT molecular complexity index is 710. The molecule has 0 radical (unpaired) electrons. The predicted molar refractivity (Wildman–Crippen MR) is 78.2 cm³/mol. The van der Waals surface area contributed by atoms with Crippen LogP contribution in [0.3, 0.4) is 0 Å². The molecule has 1 aromatic carbocycles. The molecule has 0 atom stereocenters. The third-order valence-electron chi connectivity index (χ3n) is 2.51. The highest BCUT2D eigenvalue weighted by atomic mass is 79.9. The Kier molecular flexibility index (Phi) is 4.29. The van der Waals surface area contributed by atoms with Gasteiger partial charge in [-0.1, -0.05) is 15.9 Å². The van der Waals surface area contributed by atoms with Gasteiger partial charge >= 0.3 is 5.69 Å². The van der Waals surface area contributed by atoms with Crippen molar-refractivity contribution < 1.29 is 4.92 Å². The zero-order valence-electron chi connectivity index (χ0n) is 10.7. The van der Waals surface area contributed by atoms with Crippen LogP contribution in [0.5, 0.6) is 0 Å². The van der Waals surface area contributed by atoms with Crippen LogP contribution in [0.25, 0.3) is 0 Å². The molecule has 2 aromatic rings. The quantitative estimate of drug-likeness (QED) is 0.669. The number of rotatable bonds is 4. The van der Waals surface area contributed by atoms with Crippen LogP contribution in [-0.4, -0.2) is 19.7 Å². The Morgan fingerprint density at radius 3 is 2.80 bits per heavy atom. The first-order chi connectivity index (χ1) is 9.40. The standard InChI is InChI=1S/C11H11BrN4O3S/c1-6(2)15-10(17)13-14-11(15)20-9-4-3-7(12)5-8(9)16(18)19/h3-6H,1-2H3,(H,13,17). The lowest BCUT2D eigenvalue weighted by atomic mass is 10.3. The van der Waals surface area contributed by atoms with E-state index in [1.165, 1.54) is 10.6 Å². The van der Waals surface area contributed by atoms with E-state index in [0.29, 0.717) is 14.5 Å². The lowest BCUT2D eigenvalue weighted by Crippen LogP contribution is -2.19. The minimum absolute atomic E-state index is 0.0323. The van der Waals surface area contributed by atoms with Gasteiger partial charge in [0.15, 0.2) is 5.16 Å². The van der Waals surface area contributed by atoms with Crippen molar-refractivity contribution in [1.82, 2.24) is 14.8 Å².